The summed E-state index contributed by atoms with van der Waals surface area (Å²) < 4.78 is 11.6. The normalized spacial score (nSPS) is 23.9. The Balaban J connectivity index is 2.28. The lowest BCUT2D eigenvalue weighted by Gasteiger charge is -2.47. The molecule has 0 amide bonds. The second kappa shape index (κ2) is 9.21. The fourth-order valence-electron chi connectivity index (χ4n) is 5.24. The van der Waals surface area contributed by atoms with Crippen LogP contribution in [-0.4, -0.2) is 13.2 Å². The van der Waals surface area contributed by atoms with Gasteiger partial charge in [0.05, 0.1) is 36.6 Å². The highest BCUT2D eigenvalue weighted by molar-refractivity contribution is 5.60. The predicted molar refractivity (Wildman–Crippen MR) is 126 cm³/mol. The number of rotatable bonds is 5. The van der Waals surface area contributed by atoms with Gasteiger partial charge in [-0.3, -0.25) is 0 Å². The summed E-state index contributed by atoms with van der Waals surface area (Å²) in [6, 6.07) is 12.2. The first-order valence-corrected chi connectivity index (χ1v) is 11.5. The monoisotopic (exact) mass is 444 g/mol. The maximum Gasteiger partial charge on any atom is 0.191 e. The predicted octanol–water partition coefficient (Wildman–Crippen LogP) is 5.35. The summed E-state index contributed by atoms with van der Waals surface area (Å²) in [5.74, 6) is 0.820. The van der Waals surface area contributed by atoms with E-state index in [1.807, 2.05) is 32.0 Å². The van der Waals surface area contributed by atoms with Gasteiger partial charge in [-0.05, 0) is 67.2 Å². The Morgan fingerprint density at radius 2 is 1.70 bits per heavy atom. The average Bonchev–Trinajstić information content (AvgIpc) is 2.79. The van der Waals surface area contributed by atoms with Crippen LogP contribution in [0.25, 0.3) is 0 Å². The van der Waals surface area contributed by atoms with E-state index in [0.29, 0.717) is 30.6 Å². The van der Waals surface area contributed by atoms with Gasteiger partial charge in [0, 0.05) is 5.92 Å². The largest absolute Gasteiger partial charge is 0.490 e. The molecular weight excluding hydrogens is 412 g/mol. The Kier molecular flexibility index (Phi) is 6.76. The van der Waals surface area contributed by atoms with Crippen LogP contribution in [0, 0.1) is 56.7 Å². The molecule has 0 heterocycles. The zero-order valence-electron chi connectivity index (χ0n) is 20.1. The van der Waals surface area contributed by atoms with Crippen molar-refractivity contribution in [1.29, 1.82) is 15.8 Å². The van der Waals surface area contributed by atoms with Crippen molar-refractivity contribution >= 4 is 0 Å². The van der Waals surface area contributed by atoms with Crippen LogP contribution in [0.1, 0.15) is 58.9 Å². The molecule has 6 nitrogen and oxygen atoms in total. The molecular formula is C27H32N4O2. The van der Waals surface area contributed by atoms with Gasteiger partial charge >= 0.3 is 0 Å². The van der Waals surface area contributed by atoms with E-state index in [4.69, 9.17) is 15.2 Å². The lowest BCUT2D eigenvalue weighted by molar-refractivity contribution is 0.170. The van der Waals surface area contributed by atoms with Crippen LogP contribution in [0.2, 0.25) is 0 Å². The van der Waals surface area contributed by atoms with Crippen molar-refractivity contribution in [3.05, 3.63) is 46.7 Å². The highest BCUT2D eigenvalue weighted by Crippen LogP contribution is 2.58. The van der Waals surface area contributed by atoms with Crippen molar-refractivity contribution in [1.82, 2.24) is 0 Å². The number of nitrogens with zero attached hydrogens (tertiary/aromatic N) is 3. The molecule has 33 heavy (non-hydrogen) atoms. The fraction of sp³-hybridized carbons (Fsp3) is 0.519. The van der Waals surface area contributed by atoms with Crippen LogP contribution in [0.15, 0.2) is 41.1 Å². The second-order valence-electron chi connectivity index (χ2n) is 9.78. The summed E-state index contributed by atoms with van der Waals surface area (Å²) in [5.41, 5.74) is 6.80. The molecule has 2 aliphatic carbocycles. The Labute approximate surface area is 196 Å². The molecule has 0 bridgehead atoms. The standard InChI is InChI=1S/C27H32N4O2/c1-6-32-22-11-8-17(12-23(22)33-7-2)24-20-13-18(26(3,4)5)9-10-19(20)21(14-28)25(31)27(24,15-29)16-30/h8,10-12,18,20,24H,6-7,9,13,31H2,1-5H3/t18-,20+,24+/m0/s1. The molecule has 0 spiro atoms. The lowest BCUT2D eigenvalue weighted by atomic mass is 9.54. The van der Waals surface area contributed by atoms with Crippen LogP contribution < -0.4 is 15.2 Å². The van der Waals surface area contributed by atoms with Crippen molar-refractivity contribution in [2.24, 2.45) is 28.4 Å². The van der Waals surface area contributed by atoms with Crippen molar-refractivity contribution in [3.63, 3.8) is 0 Å². The van der Waals surface area contributed by atoms with Crippen LogP contribution in [0.4, 0.5) is 0 Å². The van der Waals surface area contributed by atoms with Crippen LogP contribution in [-0.2, 0) is 0 Å². The van der Waals surface area contributed by atoms with E-state index < -0.39 is 11.3 Å². The molecule has 1 aromatic rings. The molecule has 2 N–H and O–H groups in total. The maximum atomic E-state index is 10.3. The molecule has 0 aliphatic heterocycles. The van der Waals surface area contributed by atoms with Gasteiger partial charge in [-0.25, -0.2) is 0 Å². The van der Waals surface area contributed by atoms with E-state index in [2.05, 4.69) is 45.1 Å². The Morgan fingerprint density at radius 1 is 1.06 bits per heavy atom. The zero-order chi connectivity index (χ0) is 24.4. The zero-order valence-corrected chi connectivity index (χ0v) is 20.1. The van der Waals surface area contributed by atoms with E-state index in [-0.39, 0.29) is 22.6 Å². The first kappa shape index (κ1) is 24.2. The quantitative estimate of drug-likeness (QED) is 0.654. The minimum atomic E-state index is -1.65. The van der Waals surface area contributed by atoms with Gasteiger partial charge in [-0.15, -0.1) is 0 Å². The molecule has 172 valence electrons. The van der Waals surface area contributed by atoms with E-state index >= 15 is 0 Å². The number of benzene rings is 1. The van der Waals surface area contributed by atoms with Crippen LogP contribution in [0.5, 0.6) is 11.5 Å². The highest BCUT2D eigenvalue weighted by Gasteiger charge is 2.55. The van der Waals surface area contributed by atoms with Gasteiger partial charge in [0.15, 0.2) is 16.9 Å². The van der Waals surface area contributed by atoms with E-state index in [1.54, 1.807) is 0 Å². The fourth-order valence-corrected chi connectivity index (χ4v) is 5.24. The minimum Gasteiger partial charge on any atom is -0.490 e. The number of ether oxygens (including phenoxy) is 2. The van der Waals surface area contributed by atoms with Gasteiger partial charge in [0.2, 0.25) is 0 Å². The van der Waals surface area contributed by atoms with E-state index in [1.165, 1.54) is 0 Å². The topological polar surface area (TPSA) is 116 Å². The van der Waals surface area contributed by atoms with Gasteiger partial charge in [-0.2, -0.15) is 15.8 Å². The Morgan fingerprint density at radius 3 is 2.24 bits per heavy atom. The summed E-state index contributed by atoms with van der Waals surface area (Å²) in [7, 11) is 0. The molecule has 0 fully saturated rings. The second-order valence-corrected chi connectivity index (χ2v) is 9.78. The highest BCUT2D eigenvalue weighted by atomic mass is 16.5. The van der Waals surface area contributed by atoms with E-state index in [9.17, 15) is 15.8 Å². The maximum absolute atomic E-state index is 10.3. The number of hydrogen-bond donors (Lipinski definition) is 1. The summed E-state index contributed by atoms with van der Waals surface area (Å²) in [6.45, 7) is 11.4. The molecule has 0 unspecified atom stereocenters. The van der Waals surface area contributed by atoms with Gasteiger partial charge in [0.25, 0.3) is 0 Å². The number of fused-ring (bicyclic) bond motifs is 1. The number of allylic oxidation sites excluding steroid dienone is 4. The third-order valence-electron chi connectivity index (χ3n) is 7.03. The van der Waals surface area contributed by atoms with Crippen molar-refractivity contribution in [2.45, 2.75) is 53.4 Å². The lowest BCUT2D eigenvalue weighted by Crippen LogP contribution is -2.44. The van der Waals surface area contributed by atoms with Crippen molar-refractivity contribution < 1.29 is 9.47 Å². The van der Waals surface area contributed by atoms with Gasteiger partial charge in [-0.1, -0.05) is 32.9 Å². The molecule has 0 radical (unpaired) electrons. The molecule has 2 aliphatic rings. The van der Waals surface area contributed by atoms with Gasteiger partial charge < -0.3 is 15.2 Å². The molecule has 3 atom stereocenters. The molecule has 1 aromatic carbocycles. The summed E-state index contributed by atoms with van der Waals surface area (Å²) >= 11 is 0. The molecule has 0 aromatic heterocycles. The van der Waals surface area contributed by atoms with Crippen LogP contribution in [0.3, 0.4) is 0 Å². The van der Waals surface area contributed by atoms with Crippen LogP contribution >= 0.6 is 0 Å². The first-order valence-electron chi connectivity index (χ1n) is 11.5. The Hall–Kier alpha value is -3.43. The number of hydrogen-bond acceptors (Lipinski definition) is 6. The van der Waals surface area contributed by atoms with Gasteiger partial charge in [0.1, 0.15) is 6.07 Å². The molecule has 0 saturated heterocycles. The smallest absolute Gasteiger partial charge is 0.191 e. The third kappa shape index (κ3) is 4.05. The van der Waals surface area contributed by atoms with Crippen molar-refractivity contribution in [2.75, 3.05) is 13.2 Å². The SMILES string of the molecule is CCOc1ccc([C@@H]2[C@@H]3C[C@@H](C(C)(C)C)CC=C3C(C#N)=C(N)C2(C#N)C#N)cc1OCC. The summed E-state index contributed by atoms with van der Waals surface area (Å²) in [4.78, 5) is 0. The molecule has 3 rings (SSSR count). The number of nitrogens with two attached hydrogens (primary N) is 1. The first-order chi connectivity index (χ1) is 15.7. The average molecular weight is 445 g/mol. The summed E-state index contributed by atoms with van der Waals surface area (Å²) in [6.07, 6.45) is 3.69. The molecule has 0 saturated carbocycles. The third-order valence-corrected chi connectivity index (χ3v) is 7.03. The summed E-state index contributed by atoms with van der Waals surface area (Å²) in [5, 5.41) is 30.6. The molecule has 6 heteroatoms. The van der Waals surface area contributed by atoms with E-state index in [0.717, 1.165) is 24.0 Å². The Bertz CT molecular complexity index is 1090. The van der Waals surface area contributed by atoms with Crippen molar-refractivity contribution in [3.8, 4) is 29.7 Å². The minimum absolute atomic E-state index is 0.0450. The number of nitriles is 3.